The minimum Gasteiger partial charge on any atom is -0.492 e. The second-order valence-electron chi connectivity index (χ2n) is 3.01. The van der Waals surface area contributed by atoms with Crippen LogP contribution in [0.5, 0.6) is 5.75 Å². The maximum Gasteiger partial charge on any atom is 0.133 e. The largest absolute Gasteiger partial charge is 0.492 e. The molecule has 0 aliphatic rings. The van der Waals surface area contributed by atoms with E-state index in [9.17, 15) is 0 Å². The maximum atomic E-state index is 5.60. The zero-order valence-electron chi connectivity index (χ0n) is 8.22. The Kier molecular flexibility index (Phi) is 5.56. The van der Waals surface area contributed by atoms with Crippen LogP contribution in [0.3, 0.4) is 0 Å². The third kappa shape index (κ3) is 3.62. The summed E-state index contributed by atoms with van der Waals surface area (Å²) >= 11 is 6.88. The Hall–Kier alpha value is -0.0200. The van der Waals surface area contributed by atoms with Gasteiger partial charge in [-0.2, -0.15) is 0 Å². The predicted octanol–water partition coefficient (Wildman–Crippen LogP) is 4.18. The van der Waals surface area contributed by atoms with Crippen LogP contribution in [0.1, 0.15) is 18.9 Å². The summed E-state index contributed by atoms with van der Waals surface area (Å²) in [5.74, 6) is 0.933. The Morgan fingerprint density at radius 2 is 2.14 bits per heavy atom. The molecule has 0 N–H and O–H groups in total. The van der Waals surface area contributed by atoms with Crippen molar-refractivity contribution in [2.45, 2.75) is 19.8 Å². The average Bonchev–Trinajstić information content (AvgIpc) is 2.20. The molecular weight excluding hydrogens is 308 g/mol. The van der Waals surface area contributed by atoms with Crippen molar-refractivity contribution >= 4 is 31.9 Å². The molecule has 0 aliphatic heterocycles. The number of halogens is 2. The molecule has 0 bridgehead atoms. The summed E-state index contributed by atoms with van der Waals surface area (Å²) in [5.41, 5.74) is 1.32. The van der Waals surface area contributed by atoms with Gasteiger partial charge in [0, 0.05) is 5.33 Å². The fraction of sp³-hybridized carbons (Fsp3) is 0.455. The molecule has 0 aliphatic carbocycles. The van der Waals surface area contributed by atoms with Crippen molar-refractivity contribution in [3.8, 4) is 5.75 Å². The van der Waals surface area contributed by atoms with Crippen molar-refractivity contribution in [1.82, 2.24) is 0 Å². The van der Waals surface area contributed by atoms with Crippen LogP contribution in [0.2, 0.25) is 0 Å². The predicted molar refractivity (Wildman–Crippen MR) is 67.4 cm³/mol. The molecule has 78 valence electrons. The molecule has 0 amide bonds. The van der Waals surface area contributed by atoms with Crippen molar-refractivity contribution in [2.75, 3.05) is 11.9 Å². The molecule has 3 heteroatoms. The van der Waals surface area contributed by atoms with E-state index in [4.69, 9.17) is 4.74 Å². The second kappa shape index (κ2) is 6.46. The number of hydrogen-bond donors (Lipinski definition) is 0. The van der Waals surface area contributed by atoms with Crippen LogP contribution in [0.15, 0.2) is 22.7 Å². The minimum absolute atomic E-state index is 0.759. The van der Waals surface area contributed by atoms with Crippen LogP contribution in [-0.4, -0.2) is 11.9 Å². The molecule has 1 rings (SSSR count). The highest BCUT2D eigenvalue weighted by Crippen LogP contribution is 2.26. The summed E-state index contributed by atoms with van der Waals surface area (Å²) in [6.45, 7) is 2.91. The van der Waals surface area contributed by atoms with Gasteiger partial charge in [0.2, 0.25) is 0 Å². The van der Waals surface area contributed by atoms with Crippen LogP contribution in [-0.2, 0) is 6.42 Å². The number of aryl methyl sites for hydroxylation is 1. The lowest BCUT2D eigenvalue weighted by atomic mass is 10.2. The molecule has 1 aromatic rings. The van der Waals surface area contributed by atoms with Gasteiger partial charge in [-0.1, -0.05) is 28.9 Å². The smallest absolute Gasteiger partial charge is 0.133 e. The molecule has 0 unspecified atom stereocenters. The van der Waals surface area contributed by atoms with E-state index in [1.54, 1.807) is 0 Å². The van der Waals surface area contributed by atoms with Crippen molar-refractivity contribution in [1.29, 1.82) is 0 Å². The molecule has 0 aromatic heterocycles. The van der Waals surface area contributed by atoms with Gasteiger partial charge < -0.3 is 4.74 Å². The summed E-state index contributed by atoms with van der Waals surface area (Å²) in [6.07, 6.45) is 2.09. The van der Waals surface area contributed by atoms with E-state index >= 15 is 0 Å². The van der Waals surface area contributed by atoms with Gasteiger partial charge in [0.25, 0.3) is 0 Å². The molecular formula is C11H14Br2O. The highest BCUT2D eigenvalue weighted by molar-refractivity contribution is 9.10. The fourth-order valence-electron chi connectivity index (χ4n) is 1.12. The van der Waals surface area contributed by atoms with E-state index in [0.29, 0.717) is 0 Å². The molecule has 0 saturated heterocycles. The highest BCUT2D eigenvalue weighted by Gasteiger charge is 2.01. The monoisotopic (exact) mass is 320 g/mol. The number of rotatable bonds is 5. The van der Waals surface area contributed by atoms with E-state index in [2.05, 4.69) is 50.9 Å². The first-order valence-electron chi connectivity index (χ1n) is 4.75. The van der Waals surface area contributed by atoms with Crippen molar-refractivity contribution in [3.63, 3.8) is 0 Å². The van der Waals surface area contributed by atoms with Crippen LogP contribution in [0.25, 0.3) is 0 Å². The molecule has 0 radical (unpaired) electrons. The molecule has 0 atom stereocenters. The maximum absolute atomic E-state index is 5.60. The molecule has 0 spiro atoms. The van der Waals surface area contributed by atoms with E-state index in [-0.39, 0.29) is 0 Å². The topological polar surface area (TPSA) is 9.23 Å². The van der Waals surface area contributed by atoms with Gasteiger partial charge >= 0.3 is 0 Å². The fourth-order valence-corrected chi connectivity index (χ4v) is 1.89. The van der Waals surface area contributed by atoms with Crippen molar-refractivity contribution in [3.05, 3.63) is 28.2 Å². The van der Waals surface area contributed by atoms with Crippen LogP contribution >= 0.6 is 31.9 Å². The van der Waals surface area contributed by atoms with Gasteiger partial charge in [-0.15, -0.1) is 0 Å². The minimum atomic E-state index is 0.759. The Morgan fingerprint density at radius 3 is 2.71 bits per heavy atom. The van der Waals surface area contributed by atoms with Crippen LogP contribution in [0.4, 0.5) is 0 Å². The Bertz CT molecular complexity index is 287. The van der Waals surface area contributed by atoms with Gasteiger partial charge in [0.05, 0.1) is 11.1 Å². The lowest BCUT2D eigenvalue weighted by molar-refractivity contribution is 0.317. The Labute approximate surface area is 102 Å². The third-order valence-corrected chi connectivity index (χ3v) is 3.12. The first-order valence-corrected chi connectivity index (χ1v) is 6.66. The van der Waals surface area contributed by atoms with Gasteiger partial charge in [-0.05, 0) is 46.5 Å². The summed E-state index contributed by atoms with van der Waals surface area (Å²) in [6, 6.07) is 6.24. The quantitative estimate of drug-likeness (QED) is 0.584. The molecule has 1 aromatic carbocycles. The Balaban J connectivity index is 2.59. The summed E-state index contributed by atoms with van der Waals surface area (Å²) < 4.78 is 6.65. The normalized spacial score (nSPS) is 10.2. The SMILES string of the molecule is CCc1ccc(OCCCBr)c(Br)c1. The number of alkyl halides is 1. The zero-order chi connectivity index (χ0) is 10.4. The van der Waals surface area contributed by atoms with Crippen LogP contribution < -0.4 is 4.74 Å². The molecule has 0 saturated carbocycles. The standard InChI is InChI=1S/C11H14Br2O/c1-2-9-4-5-11(10(13)8-9)14-7-3-6-12/h4-5,8H,2-3,6-7H2,1H3. The van der Waals surface area contributed by atoms with Gasteiger partial charge in [0.1, 0.15) is 5.75 Å². The number of ether oxygens (including phenoxy) is 1. The van der Waals surface area contributed by atoms with E-state index in [1.165, 1.54) is 5.56 Å². The summed E-state index contributed by atoms with van der Waals surface area (Å²) in [5, 5.41) is 0.984. The van der Waals surface area contributed by atoms with Gasteiger partial charge in [-0.25, -0.2) is 0 Å². The molecule has 0 fully saturated rings. The summed E-state index contributed by atoms with van der Waals surface area (Å²) in [4.78, 5) is 0. The van der Waals surface area contributed by atoms with Crippen molar-refractivity contribution < 1.29 is 4.74 Å². The molecule has 1 nitrogen and oxygen atoms in total. The zero-order valence-corrected chi connectivity index (χ0v) is 11.4. The lowest BCUT2D eigenvalue weighted by Crippen LogP contribution is -1.98. The summed E-state index contributed by atoms with van der Waals surface area (Å²) in [7, 11) is 0. The van der Waals surface area contributed by atoms with E-state index in [0.717, 1.165) is 35.0 Å². The number of hydrogen-bond acceptors (Lipinski definition) is 1. The molecule has 14 heavy (non-hydrogen) atoms. The van der Waals surface area contributed by atoms with E-state index < -0.39 is 0 Å². The first kappa shape index (κ1) is 12.1. The Morgan fingerprint density at radius 1 is 1.36 bits per heavy atom. The van der Waals surface area contributed by atoms with Gasteiger partial charge in [-0.3, -0.25) is 0 Å². The molecule has 0 heterocycles. The second-order valence-corrected chi connectivity index (χ2v) is 4.66. The van der Waals surface area contributed by atoms with Crippen LogP contribution in [0, 0.1) is 0 Å². The average molecular weight is 322 g/mol. The lowest BCUT2D eigenvalue weighted by Gasteiger charge is -2.08. The van der Waals surface area contributed by atoms with E-state index in [1.807, 2.05) is 6.07 Å². The first-order chi connectivity index (χ1) is 6.77. The third-order valence-electron chi connectivity index (χ3n) is 1.94. The highest BCUT2D eigenvalue weighted by atomic mass is 79.9. The number of benzene rings is 1. The van der Waals surface area contributed by atoms with Crippen molar-refractivity contribution in [2.24, 2.45) is 0 Å². The van der Waals surface area contributed by atoms with Gasteiger partial charge in [0.15, 0.2) is 0 Å².